The summed E-state index contributed by atoms with van der Waals surface area (Å²) in [4.78, 5) is 18.5. The molecule has 2 aromatic rings. The molecule has 0 radical (unpaired) electrons. The van der Waals surface area contributed by atoms with Gasteiger partial charge in [-0.05, 0) is 12.1 Å². The Kier molecular flexibility index (Phi) is 5.07. The van der Waals surface area contributed by atoms with Crippen LogP contribution in [0, 0.1) is 0 Å². The van der Waals surface area contributed by atoms with E-state index in [1.54, 1.807) is 40.0 Å². The van der Waals surface area contributed by atoms with Crippen LogP contribution in [0.1, 0.15) is 24.2 Å². The molecule has 0 spiro atoms. The zero-order valence-electron chi connectivity index (χ0n) is 14.5. The maximum atomic E-state index is 12.7. The standard InChI is InChI=1S/C16H23N5O3S/c1-3-20(4-2)25(23,24)21-11-9-18(10-12-21)16(22)14-5-6-15-17-7-8-19(15)13-14/h5-8,13H,3-4,9-12H2,1-2H3. The largest absolute Gasteiger partial charge is 0.336 e. The molecule has 1 saturated heterocycles. The number of fused-ring (bicyclic) bond motifs is 1. The van der Waals surface area contributed by atoms with Gasteiger partial charge in [-0.15, -0.1) is 0 Å². The van der Waals surface area contributed by atoms with E-state index in [0.717, 1.165) is 5.65 Å². The average Bonchev–Trinajstić information content (AvgIpc) is 3.09. The van der Waals surface area contributed by atoms with Gasteiger partial charge in [0.15, 0.2) is 0 Å². The molecule has 1 fully saturated rings. The minimum absolute atomic E-state index is 0.0875. The topological polar surface area (TPSA) is 78.2 Å². The molecule has 9 heteroatoms. The first kappa shape index (κ1) is 17.8. The number of piperazine rings is 1. The molecule has 1 aliphatic heterocycles. The van der Waals surface area contributed by atoms with Gasteiger partial charge in [0.2, 0.25) is 0 Å². The molecule has 0 bridgehead atoms. The number of carbonyl (C=O) groups is 1. The molecular weight excluding hydrogens is 342 g/mol. The molecule has 2 aromatic heterocycles. The van der Waals surface area contributed by atoms with Gasteiger partial charge in [-0.3, -0.25) is 4.79 Å². The van der Waals surface area contributed by atoms with E-state index in [0.29, 0.717) is 44.8 Å². The number of pyridine rings is 1. The lowest BCUT2D eigenvalue weighted by atomic mass is 10.2. The molecule has 0 aliphatic carbocycles. The van der Waals surface area contributed by atoms with Crippen molar-refractivity contribution in [1.82, 2.24) is 22.9 Å². The van der Waals surface area contributed by atoms with Gasteiger partial charge in [-0.2, -0.15) is 17.0 Å². The molecule has 0 atom stereocenters. The van der Waals surface area contributed by atoms with Crippen LogP contribution in [-0.4, -0.2) is 76.5 Å². The Hall–Kier alpha value is -1.97. The molecule has 3 rings (SSSR count). The summed E-state index contributed by atoms with van der Waals surface area (Å²) < 4.78 is 29.8. The van der Waals surface area contributed by atoms with Crippen molar-refractivity contribution < 1.29 is 13.2 Å². The van der Waals surface area contributed by atoms with Gasteiger partial charge in [0, 0.05) is 57.9 Å². The Balaban J connectivity index is 1.68. The number of amides is 1. The van der Waals surface area contributed by atoms with Gasteiger partial charge in [-0.1, -0.05) is 13.8 Å². The predicted molar refractivity (Wildman–Crippen MR) is 94.5 cm³/mol. The molecule has 0 saturated carbocycles. The summed E-state index contributed by atoms with van der Waals surface area (Å²) in [7, 11) is -3.44. The number of aromatic nitrogens is 2. The van der Waals surface area contributed by atoms with E-state index in [2.05, 4.69) is 4.98 Å². The Morgan fingerprint density at radius 1 is 1.16 bits per heavy atom. The van der Waals surface area contributed by atoms with Crippen molar-refractivity contribution in [2.24, 2.45) is 0 Å². The molecule has 0 N–H and O–H groups in total. The van der Waals surface area contributed by atoms with Crippen molar-refractivity contribution in [1.29, 1.82) is 0 Å². The van der Waals surface area contributed by atoms with E-state index in [9.17, 15) is 13.2 Å². The third-order valence-corrected chi connectivity index (χ3v) is 6.71. The van der Waals surface area contributed by atoms with Crippen LogP contribution in [0.4, 0.5) is 0 Å². The van der Waals surface area contributed by atoms with Gasteiger partial charge in [0.05, 0.1) is 5.56 Å². The zero-order valence-corrected chi connectivity index (χ0v) is 15.3. The molecule has 25 heavy (non-hydrogen) atoms. The fraction of sp³-hybridized carbons (Fsp3) is 0.500. The lowest BCUT2D eigenvalue weighted by Gasteiger charge is -2.36. The lowest BCUT2D eigenvalue weighted by Crippen LogP contribution is -2.54. The van der Waals surface area contributed by atoms with E-state index < -0.39 is 10.2 Å². The molecular formula is C16H23N5O3S. The second kappa shape index (κ2) is 7.11. The van der Waals surface area contributed by atoms with Gasteiger partial charge in [0.1, 0.15) is 5.65 Å². The number of nitrogens with zero attached hydrogens (tertiary/aromatic N) is 5. The summed E-state index contributed by atoms with van der Waals surface area (Å²) in [6.45, 7) is 5.96. The molecule has 1 aliphatic rings. The SMILES string of the molecule is CCN(CC)S(=O)(=O)N1CCN(C(=O)c2ccc3nccn3c2)CC1. The minimum atomic E-state index is -3.44. The summed E-state index contributed by atoms with van der Waals surface area (Å²) in [6, 6.07) is 3.55. The summed E-state index contributed by atoms with van der Waals surface area (Å²) in [6.07, 6.45) is 5.23. The smallest absolute Gasteiger partial charge is 0.282 e. The number of carbonyl (C=O) groups excluding carboxylic acids is 1. The van der Waals surface area contributed by atoms with E-state index in [-0.39, 0.29) is 5.91 Å². The van der Waals surface area contributed by atoms with Crippen LogP contribution in [0.3, 0.4) is 0 Å². The van der Waals surface area contributed by atoms with E-state index in [1.165, 1.54) is 8.61 Å². The molecule has 136 valence electrons. The van der Waals surface area contributed by atoms with Crippen molar-refractivity contribution >= 4 is 21.8 Å². The fourth-order valence-corrected chi connectivity index (χ4v) is 4.67. The maximum absolute atomic E-state index is 12.7. The quantitative estimate of drug-likeness (QED) is 0.781. The van der Waals surface area contributed by atoms with Crippen molar-refractivity contribution in [3.8, 4) is 0 Å². The summed E-state index contributed by atoms with van der Waals surface area (Å²) in [5.74, 6) is -0.0875. The van der Waals surface area contributed by atoms with Gasteiger partial charge >= 0.3 is 0 Å². The van der Waals surface area contributed by atoms with Crippen LogP contribution in [0.5, 0.6) is 0 Å². The third-order valence-electron chi connectivity index (χ3n) is 4.52. The van der Waals surface area contributed by atoms with Gasteiger partial charge in [-0.25, -0.2) is 4.98 Å². The molecule has 0 aromatic carbocycles. The average molecular weight is 365 g/mol. The van der Waals surface area contributed by atoms with Crippen LogP contribution in [0.15, 0.2) is 30.7 Å². The summed E-state index contributed by atoms with van der Waals surface area (Å²) >= 11 is 0. The molecule has 8 nitrogen and oxygen atoms in total. The highest BCUT2D eigenvalue weighted by molar-refractivity contribution is 7.86. The van der Waals surface area contributed by atoms with Crippen molar-refractivity contribution in [2.75, 3.05) is 39.3 Å². The highest BCUT2D eigenvalue weighted by atomic mass is 32.2. The van der Waals surface area contributed by atoms with Crippen molar-refractivity contribution in [2.45, 2.75) is 13.8 Å². The molecule has 1 amide bonds. The monoisotopic (exact) mass is 365 g/mol. The molecule has 3 heterocycles. The van der Waals surface area contributed by atoms with Crippen LogP contribution in [0.2, 0.25) is 0 Å². The minimum Gasteiger partial charge on any atom is -0.336 e. The van der Waals surface area contributed by atoms with Crippen molar-refractivity contribution in [3.63, 3.8) is 0 Å². The Bertz CT molecular complexity index is 852. The van der Waals surface area contributed by atoms with Crippen LogP contribution >= 0.6 is 0 Å². The highest BCUT2D eigenvalue weighted by Crippen LogP contribution is 2.15. The first-order valence-electron chi connectivity index (χ1n) is 8.44. The van der Waals surface area contributed by atoms with Gasteiger partial charge in [0.25, 0.3) is 16.1 Å². The van der Waals surface area contributed by atoms with Crippen LogP contribution in [0.25, 0.3) is 5.65 Å². The number of hydrogen-bond acceptors (Lipinski definition) is 4. The first-order valence-corrected chi connectivity index (χ1v) is 9.84. The lowest BCUT2D eigenvalue weighted by molar-refractivity contribution is 0.0693. The first-order chi connectivity index (χ1) is 12.0. The zero-order chi connectivity index (χ0) is 18.0. The Morgan fingerprint density at radius 2 is 1.84 bits per heavy atom. The summed E-state index contributed by atoms with van der Waals surface area (Å²) in [5.41, 5.74) is 1.36. The second-order valence-corrected chi connectivity index (χ2v) is 7.82. The van der Waals surface area contributed by atoms with Crippen LogP contribution in [-0.2, 0) is 10.2 Å². The summed E-state index contributed by atoms with van der Waals surface area (Å²) in [5, 5.41) is 0. The van der Waals surface area contributed by atoms with E-state index in [1.807, 2.05) is 13.8 Å². The number of rotatable bonds is 5. The molecule has 0 unspecified atom stereocenters. The predicted octanol–water partition coefficient (Wildman–Crippen LogP) is 0.679. The maximum Gasteiger partial charge on any atom is 0.282 e. The van der Waals surface area contributed by atoms with Crippen LogP contribution < -0.4 is 0 Å². The Labute approximate surface area is 147 Å². The fourth-order valence-electron chi connectivity index (χ4n) is 3.06. The van der Waals surface area contributed by atoms with E-state index in [4.69, 9.17) is 0 Å². The van der Waals surface area contributed by atoms with Gasteiger partial charge < -0.3 is 9.30 Å². The second-order valence-electron chi connectivity index (χ2n) is 5.89. The van der Waals surface area contributed by atoms with Crippen molar-refractivity contribution in [3.05, 3.63) is 36.3 Å². The number of imidazole rings is 1. The third kappa shape index (κ3) is 3.39. The van der Waals surface area contributed by atoms with E-state index >= 15 is 0 Å². The highest BCUT2D eigenvalue weighted by Gasteiger charge is 2.32. The normalized spacial score (nSPS) is 16.7. The number of hydrogen-bond donors (Lipinski definition) is 0. The Morgan fingerprint density at radius 3 is 2.48 bits per heavy atom.